The first-order chi connectivity index (χ1) is 15.0. The third-order valence-electron chi connectivity index (χ3n) is 5.17. The fourth-order valence-electron chi connectivity index (χ4n) is 3.64. The summed E-state index contributed by atoms with van der Waals surface area (Å²) >= 11 is 0. The van der Waals surface area contributed by atoms with E-state index in [4.69, 9.17) is 14.6 Å². The zero-order valence-electron chi connectivity index (χ0n) is 18.1. The van der Waals surface area contributed by atoms with Gasteiger partial charge in [-0.3, -0.25) is 0 Å². The SMILES string of the molecule is CCOC(=O)c1c(C)n(Cc2ccccc2)c2ccc(OC[C@@H](O)C[NH2+]CCO)cc12. The number of carbonyl (C=O) groups is 1. The Morgan fingerprint density at radius 2 is 1.97 bits per heavy atom. The molecular weight excluding hydrogens is 396 g/mol. The van der Waals surface area contributed by atoms with Crippen molar-refractivity contribution in [2.75, 3.05) is 32.9 Å². The van der Waals surface area contributed by atoms with Crippen LogP contribution in [0, 0.1) is 6.92 Å². The molecule has 0 aliphatic heterocycles. The number of quaternary nitrogens is 1. The Labute approximate surface area is 182 Å². The molecule has 0 spiro atoms. The Balaban J connectivity index is 1.90. The monoisotopic (exact) mass is 427 g/mol. The quantitative estimate of drug-likeness (QED) is 0.318. The Hall–Kier alpha value is -2.87. The molecule has 0 bridgehead atoms. The van der Waals surface area contributed by atoms with Crippen LogP contribution >= 0.6 is 0 Å². The average molecular weight is 428 g/mol. The van der Waals surface area contributed by atoms with Crippen molar-refractivity contribution in [1.82, 2.24) is 4.57 Å². The molecule has 4 N–H and O–H groups in total. The summed E-state index contributed by atoms with van der Waals surface area (Å²) in [5, 5.41) is 21.5. The minimum atomic E-state index is -0.656. The molecule has 0 saturated carbocycles. The molecule has 7 heteroatoms. The summed E-state index contributed by atoms with van der Waals surface area (Å²) in [6.07, 6.45) is -0.656. The molecular formula is C24H31N2O5+. The molecule has 166 valence electrons. The first-order valence-electron chi connectivity index (χ1n) is 10.6. The van der Waals surface area contributed by atoms with E-state index in [9.17, 15) is 9.90 Å². The number of carbonyl (C=O) groups excluding carboxylic acids is 1. The minimum absolute atomic E-state index is 0.0696. The molecule has 7 nitrogen and oxygen atoms in total. The first kappa shape index (κ1) is 22.8. The van der Waals surface area contributed by atoms with E-state index in [0.29, 0.717) is 37.6 Å². The summed E-state index contributed by atoms with van der Waals surface area (Å²) in [4.78, 5) is 12.7. The Morgan fingerprint density at radius 3 is 2.68 bits per heavy atom. The van der Waals surface area contributed by atoms with Gasteiger partial charge in [-0.25, -0.2) is 4.79 Å². The van der Waals surface area contributed by atoms with Crippen LogP contribution in [0.5, 0.6) is 5.75 Å². The number of rotatable bonds is 11. The summed E-state index contributed by atoms with van der Waals surface area (Å²) < 4.78 is 13.2. The standard InChI is InChI=1S/C24H30N2O5/c1-3-30-24(29)23-17(2)26(15-18-7-5-4-6-8-18)22-10-9-20(13-21(22)23)31-16-19(28)14-25-11-12-27/h4-10,13,19,25,27-28H,3,11-12,14-16H2,1-2H3/p+1/t19-/m0/s1. The number of aliphatic hydroxyl groups is 2. The van der Waals surface area contributed by atoms with Gasteiger partial charge in [-0.2, -0.15) is 0 Å². The zero-order chi connectivity index (χ0) is 22.2. The van der Waals surface area contributed by atoms with Crippen LogP contribution in [-0.2, 0) is 11.3 Å². The second-order valence-corrected chi connectivity index (χ2v) is 7.43. The number of fused-ring (bicyclic) bond motifs is 1. The largest absolute Gasteiger partial charge is 0.491 e. The lowest BCUT2D eigenvalue weighted by molar-refractivity contribution is -0.662. The van der Waals surface area contributed by atoms with Gasteiger partial charge in [0.2, 0.25) is 0 Å². The predicted molar refractivity (Wildman–Crippen MR) is 118 cm³/mol. The number of hydrogen-bond donors (Lipinski definition) is 3. The van der Waals surface area contributed by atoms with E-state index >= 15 is 0 Å². The number of nitrogens with two attached hydrogens (primary N) is 1. The third-order valence-corrected chi connectivity index (χ3v) is 5.17. The zero-order valence-corrected chi connectivity index (χ0v) is 18.1. The second-order valence-electron chi connectivity index (χ2n) is 7.43. The fraction of sp³-hybridized carbons (Fsp3) is 0.375. The molecule has 0 aliphatic rings. The molecule has 3 rings (SSSR count). The topological polar surface area (TPSA) is 97.5 Å². The highest BCUT2D eigenvalue weighted by atomic mass is 16.5. The van der Waals surface area contributed by atoms with Crippen molar-refractivity contribution in [1.29, 1.82) is 0 Å². The normalized spacial score (nSPS) is 12.1. The van der Waals surface area contributed by atoms with Crippen LogP contribution in [-0.4, -0.2) is 59.8 Å². The van der Waals surface area contributed by atoms with Gasteiger partial charge in [0.15, 0.2) is 0 Å². The van der Waals surface area contributed by atoms with Gasteiger partial charge in [0.1, 0.15) is 25.0 Å². The Morgan fingerprint density at radius 1 is 1.19 bits per heavy atom. The summed E-state index contributed by atoms with van der Waals surface area (Å²) in [5.41, 5.74) is 3.44. The number of ether oxygens (including phenoxy) is 2. The number of aliphatic hydroxyl groups excluding tert-OH is 2. The van der Waals surface area contributed by atoms with Crippen LogP contribution in [0.4, 0.5) is 0 Å². The van der Waals surface area contributed by atoms with Crippen LogP contribution in [0.25, 0.3) is 10.9 Å². The van der Waals surface area contributed by atoms with Gasteiger partial charge < -0.3 is 29.6 Å². The number of benzene rings is 2. The van der Waals surface area contributed by atoms with Crippen LogP contribution in [0.15, 0.2) is 48.5 Å². The van der Waals surface area contributed by atoms with Gasteiger partial charge in [0.05, 0.1) is 25.3 Å². The Bertz CT molecular complexity index is 1000. The fourth-order valence-corrected chi connectivity index (χ4v) is 3.64. The molecule has 2 aromatic carbocycles. The van der Waals surface area contributed by atoms with E-state index in [1.807, 2.05) is 48.6 Å². The lowest BCUT2D eigenvalue weighted by Crippen LogP contribution is -2.87. The minimum Gasteiger partial charge on any atom is -0.491 e. The van der Waals surface area contributed by atoms with Gasteiger partial charge in [-0.1, -0.05) is 30.3 Å². The van der Waals surface area contributed by atoms with Crippen molar-refractivity contribution in [3.63, 3.8) is 0 Å². The molecule has 0 saturated heterocycles. The molecule has 1 atom stereocenters. The van der Waals surface area contributed by atoms with Crippen LogP contribution < -0.4 is 10.1 Å². The van der Waals surface area contributed by atoms with E-state index in [2.05, 4.69) is 16.7 Å². The highest BCUT2D eigenvalue weighted by molar-refractivity contribution is 6.06. The van der Waals surface area contributed by atoms with Gasteiger partial charge in [-0.15, -0.1) is 0 Å². The lowest BCUT2D eigenvalue weighted by atomic mass is 10.1. The molecule has 0 fully saturated rings. The molecule has 31 heavy (non-hydrogen) atoms. The lowest BCUT2D eigenvalue weighted by Gasteiger charge is -2.12. The summed E-state index contributed by atoms with van der Waals surface area (Å²) in [5.74, 6) is 0.226. The van der Waals surface area contributed by atoms with Gasteiger partial charge in [0, 0.05) is 23.1 Å². The number of esters is 1. The first-order valence-corrected chi connectivity index (χ1v) is 10.6. The van der Waals surface area contributed by atoms with Crippen molar-refractivity contribution in [2.45, 2.75) is 26.5 Å². The van der Waals surface area contributed by atoms with Gasteiger partial charge in [-0.05, 0) is 37.6 Å². The van der Waals surface area contributed by atoms with E-state index in [0.717, 1.165) is 22.2 Å². The molecule has 3 aromatic rings. The van der Waals surface area contributed by atoms with Crippen molar-refractivity contribution in [3.8, 4) is 5.75 Å². The van der Waals surface area contributed by atoms with Crippen LogP contribution in [0.1, 0.15) is 28.5 Å². The second kappa shape index (κ2) is 10.9. The van der Waals surface area contributed by atoms with E-state index in [1.165, 1.54) is 0 Å². The number of nitrogens with zero attached hydrogens (tertiary/aromatic N) is 1. The molecule has 0 radical (unpaired) electrons. The van der Waals surface area contributed by atoms with Crippen molar-refractivity contribution >= 4 is 16.9 Å². The number of aromatic nitrogens is 1. The highest BCUT2D eigenvalue weighted by Gasteiger charge is 2.22. The van der Waals surface area contributed by atoms with Crippen molar-refractivity contribution < 1.29 is 29.8 Å². The summed E-state index contributed by atoms with van der Waals surface area (Å²) in [6, 6.07) is 15.7. The maximum atomic E-state index is 12.7. The number of hydrogen-bond acceptors (Lipinski definition) is 5. The van der Waals surface area contributed by atoms with E-state index in [-0.39, 0.29) is 19.2 Å². The maximum absolute atomic E-state index is 12.7. The van der Waals surface area contributed by atoms with Crippen LogP contribution in [0.2, 0.25) is 0 Å². The molecule has 1 heterocycles. The van der Waals surface area contributed by atoms with Gasteiger partial charge in [0.25, 0.3) is 0 Å². The van der Waals surface area contributed by atoms with Crippen molar-refractivity contribution in [2.24, 2.45) is 0 Å². The summed E-state index contributed by atoms with van der Waals surface area (Å²) in [6.45, 7) is 5.85. The Kier molecular flexibility index (Phi) is 8.06. The third kappa shape index (κ3) is 5.64. The predicted octanol–water partition coefficient (Wildman–Crippen LogP) is 1.47. The molecule has 0 aliphatic carbocycles. The maximum Gasteiger partial charge on any atom is 0.340 e. The highest BCUT2D eigenvalue weighted by Crippen LogP contribution is 2.31. The van der Waals surface area contributed by atoms with Gasteiger partial charge >= 0.3 is 5.97 Å². The molecule has 0 amide bonds. The van der Waals surface area contributed by atoms with E-state index < -0.39 is 6.10 Å². The average Bonchev–Trinajstić information content (AvgIpc) is 3.04. The van der Waals surface area contributed by atoms with E-state index in [1.54, 1.807) is 6.92 Å². The smallest absolute Gasteiger partial charge is 0.340 e. The molecule has 1 aromatic heterocycles. The van der Waals surface area contributed by atoms with Crippen molar-refractivity contribution in [3.05, 3.63) is 65.4 Å². The summed E-state index contributed by atoms with van der Waals surface area (Å²) in [7, 11) is 0. The molecule has 0 unspecified atom stereocenters. The van der Waals surface area contributed by atoms with Crippen LogP contribution in [0.3, 0.4) is 0 Å².